The number of nitrogens with zero attached hydrogens (tertiary/aromatic N) is 1. The lowest BCUT2D eigenvalue weighted by atomic mass is 9.90. The van der Waals surface area contributed by atoms with Crippen LogP contribution < -0.4 is 0 Å². The maximum atomic E-state index is 14.1. The first-order chi connectivity index (χ1) is 35.6. The summed E-state index contributed by atoms with van der Waals surface area (Å²) in [5.41, 5.74) is 2.70. The van der Waals surface area contributed by atoms with Crippen LogP contribution in [0.3, 0.4) is 0 Å². The number of esters is 3. The number of ether oxygens (including phenoxy) is 10. The van der Waals surface area contributed by atoms with E-state index in [-0.39, 0.29) is 43.1 Å². The fraction of sp³-hybridized carbons (Fsp3) is 0.304. The molecule has 0 aliphatic carbocycles. The van der Waals surface area contributed by atoms with Gasteiger partial charge in [0.25, 0.3) is 0 Å². The summed E-state index contributed by atoms with van der Waals surface area (Å²) in [5, 5.41) is 25.2. The third-order valence-corrected chi connectivity index (χ3v) is 12.2. The van der Waals surface area contributed by atoms with Crippen molar-refractivity contribution in [2.24, 2.45) is 5.92 Å². The number of aliphatic hydroxyl groups excluding tert-OH is 1. The lowest BCUT2D eigenvalue weighted by Gasteiger charge is -2.47. The average Bonchev–Trinajstić information content (AvgIpc) is 3.43. The van der Waals surface area contributed by atoms with Gasteiger partial charge in [-0.15, -0.1) is 0 Å². The van der Waals surface area contributed by atoms with Crippen molar-refractivity contribution in [2.45, 2.75) is 81.4 Å². The lowest BCUT2D eigenvalue weighted by Crippen LogP contribution is -2.66. The van der Waals surface area contributed by atoms with Crippen molar-refractivity contribution in [1.82, 2.24) is 0 Å². The Hall–Kier alpha value is -7.19. The summed E-state index contributed by atoms with van der Waals surface area (Å²) >= 11 is 0. The van der Waals surface area contributed by atoms with E-state index in [9.17, 15) is 29.6 Å². The van der Waals surface area contributed by atoms with Crippen LogP contribution in [0.15, 0.2) is 182 Å². The predicted octanol–water partition coefficient (Wildman–Crippen LogP) is 7.37. The summed E-state index contributed by atoms with van der Waals surface area (Å²) in [6.45, 7) is -0.705. The Balaban J connectivity index is 1.17. The van der Waals surface area contributed by atoms with E-state index in [1.807, 2.05) is 91.0 Å². The van der Waals surface area contributed by atoms with Gasteiger partial charge >= 0.3 is 17.9 Å². The Morgan fingerprint density at radius 3 is 1.40 bits per heavy atom. The quantitative estimate of drug-likeness (QED) is 0.0232. The van der Waals surface area contributed by atoms with Gasteiger partial charge in [-0.05, 0) is 53.1 Å². The molecule has 17 heteroatoms. The zero-order valence-corrected chi connectivity index (χ0v) is 39.7. The highest BCUT2D eigenvalue weighted by molar-refractivity contribution is 5.91. The summed E-state index contributed by atoms with van der Waals surface area (Å²) in [4.78, 5) is 54.1. The van der Waals surface area contributed by atoms with Crippen molar-refractivity contribution >= 4 is 17.9 Å². The molecule has 1 N–H and O–H groups in total. The van der Waals surface area contributed by atoms with Gasteiger partial charge in [0.15, 0.2) is 43.3 Å². The molecule has 6 aromatic rings. The molecular weight excluding hydrogens is 943 g/mol. The summed E-state index contributed by atoms with van der Waals surface area (Å²) in [6.07, 6.45) is -15.7. The first-order valence-electron chi connectivity index (χ1n) is 23.6. The number of nitro groups is 1. The highest BCUT2D eigenvalue weighted by atomic mass is 16.8. The van der Waals surface area contributed by atoms with Crippen LogP contribution in [0.1, 0.15) is 47.8 Å². The van der Waals surface area contributed by atoms with Crippen molar-refractivity contribution in [3.8, 4) is 0 Å². The minimum atomic E-state index is -2.21. The minimum Gasteiger partial charge on any atom is -0.452 e. The summed E-state index contributed by atoms with van der Waals surface area (Å²) in [6, 6.07) is 51.6. The second-order valence-corrected chi connectivity index (χ2v) is 17.2. The fourth-order valence-electron chi connectivity index (χ4n) is 8.57. The molecule has 73 heavy (non-hydrogen) atoms. The molecule has 0 amide bonds. The van der Waals surface area contributed by atoms with Gasteiger partial charge in [0.1, 0.15) is 24.2 Å². The van der Waals surface area contributed by atoms with Gasteiger partial charge in [-0.1, -0.05) is 146 Å². The van der Waals surface area contributed by atoms with Crippen LogP contribution in [0.2, 0.25) is 0 Å². The molecule has 2 heterocycles. The molecule has 0 radical (unpaired) electrons. The van der Waals surface area contributed by atoms with E-state index in [4.69, 9.17) is 47.4 Å². The average molecular weight is 998 g/mol. The highest BCUT2D eigenvalue weighted by Gasteiger charge is 2.57. The Morgan fingerprint density at radius 2 is 0.945 bits per heavy atom. The van der Waals surface area contributed by atoms with Crippen LogP contribution in [0, 0.1) is 16.0 Å². The molecule has 0 spiro atoms. The van der Waals surface area contributed by atoms with E-state index in [1.165, 1.54) is 43.5 Å². The maximum absolute atomic E-state index is 14.1. The fourth-order valence-corrected chi connectivity index (χ4v) is 8.57. The number of aliphatic hydroxyl groups is 1. The zero-order valence-electron chi connectivity index (χ0n) is 39.7. The largest absolute Gasteiger partial charge is 0.452 e. The van der Waals surface area contributed by atoms with Crippen molar-refractivity contribution in [3.63, 3.8) is 0 Å². The van der Waals surface area contributed by atoms with Crippen LogP contribution in [-0.2, 0) is 67.2 Å². The van der Waals surface area contributed by atoms with Gasteiger partial charge in [-0.3, -0.25) is 10.1 Å². The Morgan fingerprint density at radius 1 is 0.534 bits per heavy atom. The molecule has 2 aliphatic heterocycles. The normalized spacial score (nSPS) is 24.1. The Kier molecular flexibility index (Phi) is 18.5. The van der Waals surface area contributed by atoms with Crippen molar-refractivity contribution in [2.75, 3.05) is 20.3 Å². The first kappa shape index (κ1) is 52.1. The molecular formula is C56H55NO16. The zero-order chi connectivity index (χ0) is 50.9. The van der Waals surface area contributed by atoms with Gasteiger partial charge in [-0.2, -0.15) is 0 Å². The number of methoxy groups -OCH3 is 1. The van der Waals surface area contributed by atoms with Gasteiger partial charge in [-0.25, -0.2) is 14.4 Å². The Bertz CT molecular complexity index is 2650. The lowest BCUT2D eigenvalue weighted by molar-refractivity contribution is -0.505. The monoisotopic (exact) mass is 997 g/mol. The molecule has 2 unspecified atom stereocenters. The number of carbonyl (C=O) groups is 3. The maximum Gasteiger partial charge on any atom is 0.338 e. The summed E-state index contributed by atoms with van der Waals surface area (Å²) in [7, 11) is 1.23. The highest BCUT2D eigenvalue weighted by Crippen LogP contribution is 2.37. The molecule has 0 aromatic heterocycles. The van der Waals surface area contributed by atoms with E-state index in [0.29, 0.717) is 0 Å². The molecule has 2 saturated heterocycles. The van der Waals surface area contributed by atoms with Crippen LogP contribution in [-0.4, -0.2) is 110 Å². The topological polar surface area (TPSA) is 207 Å². The van der Waals surface area contributed by atoms with E-state index >= 15 is 0 Å². The molecule has 2 aliphatic rings. The molecule has 11 atom stereocenters. The molecule has 2 fully saturated rings. The first-order valence-corrected chi connectivity index (χ1v) is 23.6. The molecule has 380 valence electrons. The summed E-state index contributed by atoms with van der Waals surface area (Å²) in [5.74, 6) is -4.03. The minimum absolute atomic E-state index is 0.00585. The van der Waals surface area contributed by atoms with Crippen LogP contribution in [0.25, 0.3) is 0 Å². The van der Waals surface area contributed by atoms with Gasteiger partial charge in [0.2, 0.25) is 6.54 Å². The molecule has 17 nitrogen and oxygen atoms in total. The van der Waals surface area contributed by atoms with Crippen molar-refractivity contribution in [3.05, 3.63) is 225 Å². The number of carbonyl (C=O) groups excluding carboxylic acids is 3. The van der Waals surface area contributed by atoms with E-state index in [1.54, 1.807) is 54.6 Å². The second-order valence-electron chi connectivity index (χ2n) is 17.2. The van der Waals surface area contributed by atoms with Gasteiger partial charge in [0.05, 0.1) is 43.1 Å². The SMILES string of the molecule is CO[C@H]1O[C@H](C(O)OC2O[C@H](COCc3ccccc3)[C@@H](OCc3ccccc3)[C@H](OCc3ccccc3)[C@H]2C[N+](=O)[O-])[C@@H](OC(=O)c2ccccc2)[C@H](OC(=O)c2ccccc2)[C@H]1OC(=O)c1ccccc1. The Labute approximate surface area is 421 Å². The molecule has 0 bridgehead atoms. The van der Waals surface area contributed by atoms with Gasteiger partial charge < -0.3 is 52.5 Å². The van der Waals surface area contributed by atoms with Crippen molar-refractivity contribution in [1.29, 1.82) is 0 Å². The number of rotatable bonds is 22. The van der Waals surface area contributed by atoms with E-state index < -0.39 is 96.9 Å². The number of hydrogen-bond donors (Lipinski definition) is 1. The summed E-state index contributed by atoms with van der Waals surface area (Å²) < 4.78 is 62.8. The third kappa shape index (κ3) is 14.1. The third-order valence-electron chi connectivity index (χ3n) is 12.2. The van der Waals surface area contributed by atoms with Crippen LogP contribution in [0.4, 0.5) is 0 Å². The van der Waals surface area contributed by atoms with Crippen molar-refractivity contribution < 1.29 is 71.8 Å². The smallest absolute Gasteiger partial charge is 0.338 e. The predicted molar refractivity (Wildman–Crippen MR) is 260 cm³/mol. The number of benzene rings is 6. The molecule has 6 aromatic carbocycles. The second kappa shape index (κ2) is 26.0. The number of hydrogen-bond acceptors (Lipinski definition) is 16. The van der Waals surface area contributed by atoms with Crippen LogP contribution in [0.5, 0.6) is 0 Å². The molecule has 0 saturated carbocycles. The van der Waals surface area contributed by atoms with E-state index in [0.717, 1.165) is 16.7 Å². The van der Waals surface area contributed by atoms with E-state index in [2.05, 4.69) is 0 Å². The standard InChI is InChI=1S/C56H55NO16/c1-64-56-50(71-53(60)42-30-18-7-19-31-42)48(70-52(59)41-28-16-6-17-29-41)47(69-51(58)40-26-14-5-15-27-40)49(72-56)54(61)73-55-43(32-57(62)63)45(66-34-38-22-10-3-11-23-38)46(67-35-39-24-12-4-13-25-39)44(68-55)36-65-33-37-20-8-2-9-21-37/h2-31,43-50,54-56,61H,32-36H2,1H3/t43-,44-,45-,46-,47+,48+,49+,50-,54?,55?,56+/m1/s1. The van der Waals surface area contributed by atoms with Gasteiger partial charge in [0, 0.05) is 12.0 Å². The molecule has 8 rings (SSSR count). The van der Waals surface area contributed by atoms with Crippen LogP contribution >= 0.6 is 0 Å².